The number of hydrogen-bond donors (Lipinski definition) is 0. The van der Waals surface area contributed by atoms with Gasteiger partial charge in [0.05, 0.1) is 6.61 Å². The molecule has 0 spiro atoms. The minimum Gasteiger partial charge on any atom is -0.414 e. The van der Waals surface area contributed by atoms with Crippen LogP contribution in [-0.4, -0.2) is 14.2 Å². The molecule has 0 saturated heterocycles. The van der Waals surface area contributed by atoms with Gasteiger partial charge in [-0.05, 0) is 30.6 Å². The van der Waals surface area contributed by atoms with Gasteiger partial charge in [0.25, 0.3) is 0 Å². The summed E-state index contributed by atoms with van der Waals surface area (Å²) in [4.78, 5) is 0. The van der Waals surface area contributed by atoms with Gasteiger partial charge in [-0.2, -0.15) is 0 Å². The van der Waals surface area contributed by atoms with Gasteiger partial charge in [0.2, 0.25) is 0 Å². The van der Waals surface area contributed by atoms with Crippen LogP contribution in [0.5, 0.6) is 0 Å². The molecule has 0 bridgehead atoms. The lowest BCUT2D eigenvalue weighted by Gasteiger charge is -2.08. The summed E-state index contributed by atoms with van der Waals surface area (Å²) in [7, 11) is 1.27. The standard InChI is InChI=1S/C9H11BBrFO2.C2H6/c1-10(13-2)14-6-7-5-8(12)3-4-9(7)11;1-2/h3-5H,6H2,1-2H3;1-2H3. The molecule has 16 heavy (non-hydrogen) atoms. The predicted molar refractivity (Wildman–Crippen MR) is 68.9 cm³/mol. The predicted octanol–water partition coefficient (Wildman–Crippen LogP) is 3.90. The van der Waals surface area contributed by atoms with Crippen molar-refractivity contribution < 1.29 is 13.7 Å². The van der Waals surface area contributed by atoms with E-state index in [0.717, 1.165) is 10.0 Å². The van der Waals surface area contributed by atoms with E-state index in [1.54, 1.807) is 20.0 Å². The molecule has 0 heterocycles. The van der Waals surface area contributed by atoms with E-state index in [2.05, 4.69) is 15.9 Å². The normalized spacial score (nSPS) is 9.38. The molecule has 0 saturated carbocycles. The molecule has 0 fully saturated rings. The zero-order chi connectivity index (χ0) is 12.6. The van der Waals surface area contributed by atoms with Gasteiger partial charge in [0.1, 0.15) is 5.82 Å². The van der Waals surface area contributed by atoms with Gasteiger partial charge in [-0.1, -0.05) is 29.8 Å². The van der Waals surface area contributed by atoms with Crippen molar-refractivity contribution in [2.75, 3.05) is 7.11 Å². The molecule has 0 amide bonds. The molecule has 1 aromatic carbocycles. The highest BCUT2D eigenvalue weighted by Gasteiger charge is 2.09. The van der Waals surface area contributed by atoms with Gasteiger partial charge in [-0.15, -0.1) is 0 Å². The minimum absolute atomic E-state index is 0.267. The van der Waals surface area contributed by atoms with Crippen LogP contribution in [0.2, 0.25) is 6.82 Å². The molecule has 0 aliphatic heterocycles. The minimum atomic E-state index is -0.287. The van der Waals surface area contributed by atoms with Gasteiger partial charge in [-0.25, -0.2) is 4.39 Å². The fourth-order valence-corrected chi connectivity index (χ4v) is 1.29. The maximum Gasteiger partial charge on any atom is 0.453 e. The Balaban J connectivity index is 0.00000106. The molecule has 0 atom stereocenters. The molecule has 0 aliphatic carbocycles. The van der Waals surface area contributed by atoms with Crippen molar-refractivity contribution in [1.82, 2.24) is 0 Å². The molecule has 0 radical (unpaired) electrons. The van der Waals surface area contributed by atoms with Crippen molar-refractivity contribution in [3.8, 4) is 0 Å². The lowest BCUT2D eigenvalue weighted by Crippen LogP contribution is -2.15. The summed E-state index contributed by atoms with van der Waals surface area (Å²) >= 11 is 3.31. The first-order valence-electron chi connectivity index (χ1n) is 5.22. The monoisotopic (exact) mass is 290 g/mol. The lowest BCUT2D eigenvalue weighted by atomic mass is 9.95. The number of rotatable bonds is 4. The van der Waals surface area contributed by atoms with Crippen molar-refractivity contribution in [3.05, 3.63) is 34.1 Å². The van der Waals surface area contributed by atoms with Crippen LogP contribution in [0.4, 0.5) is 4.39 Å². The Kier molecular flexibility index (Phi) is 8.52. The highest BCUT2D eigenvalue weighted by molar-refractivity contribution is 9.10. The van der Waals surface area contributed by atoms with Crippen LogP contribution in [-0.2, 0) is 15.9 Å². The molecule has 2 nitrogen and oxygen atoms in total. The smallest absolute Gasteiger partial charge is 0.414 e. The van der Waals surface area contributed by atoms with Crippen LogP contribution in [0.25, 0.3) is 0 Å². The van der Waals surface area contributed by atoms with Gasteiger partial charge in [0, 0.05) is 11.6 Å². The zero-order valence-electron chi connectivity index (χ0n) is 10.1. The summed E-state index contributed by atoms with van der Waals surface area (Å²) in [6.07, 6.45) is 0. The molecule has 0 unspecified atom stereocenters. The molecular formula is C11H17BBrFO2. The van der Waals surface area contributed by atoms with E-state index < -0.39 is 0 Å². The number of hydrogen-bond acceptors (Lipinski definition) is 2. The average molecular weight is 291 g/mol. The van der Waals surface area contributed by atoms with E-state index in [9.17, 15) is 4.39 Å². The van der Waals surface area contributed by atoms with E-state index >= 15 is 0 Å². The number of benzene rings is 1. The molecule has 0 aromatic heterocycles. The molecule has 1 aromatic rings. The lowest BCUT2D eigenvalue weighted by molar-refractivity contribution is 0.225. The third-order valence-corrected chi connectivity index (χ3v) is 2.59. The Morgan fingerprint density at radius 1 is 1.38 bits per heavy atom. The van der Waals surface area contributed by atoms with E-state index in [-0.39, 0.29) is 12.9 Å². The quantitative estimate of drug-likeness (QED) is 0.783. The largest absolute Gasteiger partial charge is 0.453 e. The highest BCUT2D eigenvalue weighted by Crippen LogP contribution is 2.18. The zero-order valence-corrected chi connectivity index (χ0v) is 11.7. The van der Waals surface area contributed by atoms with Crippen LogP contribution in [0.1, 0.15) is 19.4 Å². The summed E-state index contributed by atoms with van der Waals surface area (Å²) < 4.78 is 23.9. The fraction of sp³-hybridized carbons (Fsp3) is 0.455. The molecule has 0 N–H and O–H groups in total. The van der Waals surface area contributed by atoms with Crippen LogP contribution < -0.4 is 0 Å². The molecule has 5 heteroatoms. The van der Waals surface area contributed by atoms with E-state index in [4.69, 9.17) is 9.31 Å². The van der Waals surface area contributed by atoms with E-state index in [1.165, 1.54) is 12.1 Å². The van der Waals surface area contributed by atoms with Crippen LogP contribution >= 0.6 is 15.9 Å². The Labute approximate surface area is 105 Å². The summed E-state index contributed by atoms with van der Waals surface area (Å²) in [5.41, 5.74) is 0.772. The van der Waals surface area contributed by atoms with Crippen molar-refractivity contribution in [3.63, 3.8) is 0 Å². The molecule has 90 valence electrons. The summed E-state index contributed by atoms with van der Waals surface area (Å²) in [5, 5.41) is 0. The topological polar surface area (TPSA) is 18.5 Å². The third kappa shape index (κ3) is 5.63. The van der Waals surface area contributed by atoms with Crippen molar-refractivity contribution in [2.45, 2.75) is 27.3 Å². The summed E-state index contributed by atoms with van der Waals surface area (Å²) in [5.74, 6) is -0.267. The van der Waals surface area contributed by atoms with Gasteiger partial charge < -0.3 is 9.31 Å². The maximum atomic E-state index is 12.8. The van der Waals surface area contributed by atoms with Crippen LogP contribution in [0, 0.1) is 5.82 Å². The van der Waals surface area contributed by atoms with Crippen LogP contribution in [0.3, 0.4) is 0 Å². The van der Waals surface area contributed by atoms with Crippen molar-refractivity contribution in [2.24, 2.45) is 0 Å². The molecule has 0 aliphatic rings. The van der Waals surface area contributed by atoms with Gasteiger partial charge in [0.15, 0.2) is 0 Å². The SMILES string of the molecule is CC.COB(C)OCc1cc(F)ccc1Br. The fourth-order valence-electron chi connectivity index (χ4n) is 0.929. The Morgan fingerprint density at radius 3 is 2.56 bits per heavy atom. The Hall–Kier alpha value is -0.385. The van der Waals surface area contributed by atoms with Crippen molar-refractivity contribution >= 4 is 23.0 Å². The molecular weight excluding hydrogens is 274 g/mol. The average Bonchev–Trinajstić information content (AvgIpc) is 2.32. The second-order valence-electron chi connectivity index (χ2n) is 2.85. The highest BCUT2D eigenvalue weighted by atomic mass is 79.9. The first-order valence-corrected chi connectivity index (χ1v) is 6.01. The van der Waals surface area contributed by atoms with E-state index in [1.807, 2.05) is 13.8 Å². The first-order chi connectivity index (χ1) is 7.63. The molecule has 1 rings (SSSR count). The second-order valence-corrected chi connectivity index (χ2v) is 3.70. The Bertz CT molecular complexity index is 310. The third-order valence-electron chi connectivity index (χ3n) is 1.81. The maximum absolute atomic E-state index is 12.8. The van der Waals surface area contributed by atoms with Gasteiger partial charge >= 0.3 is 7.12 Å². The Morgan fingerprint density at radius 2 is 2.00 bits per heavy atom. The number of halogens is 2. The van der Waals surface area contributed by atoms with Gasteiger partial charge in [-0.3, -0.25) is 0 Å². The second kappa shape index (κ2) is 8.73. The van der Waals surface area contributed by atoms with Crippen LogP contribution in [0.15, 0.2) is 22.7 Å². The van der Waals surface area contributed by atoms with Crippen molar-refractivity contribution in [1.29, 1.82) is 0 Å². The summed E-state index contributed by atoms with van der Waals surface area (Å²) in [6.45, 7) is 6.11. The van der Waals surface area contributed by atoms with E-state index in [0.29, 0.717) is 6.61 Å². The first kappa shape index (κ1) is 15.6. The summed E-state index contributed by atoms with van der Waals surface area (Å²) in [6, 6.07) is 4.49.